The first-order chi connectivity index (χ1) is 10.8. The van der Waals surface area contributed by atoms with Gasteiger partial charge in [-0.05, 0) is 26.2 Å². The summed E-state index contributed by atoms with van der Waals surface area (Å²) in [5.41, 5.74) is 0.538. The van der Waals surface area contributed by atoms with Crippen molar-refractivity contribution in [3.05, 3.63) is 29.8 Å². The molecule has 1 atom stereocenters. The van der Waals surface area contributed by atoms with Crippen LogP contribution in [0, 0.1) is 0 Å². The average molecular weight is 357 g/mol. The molecule has 0 aliphatic heterocycles. The lowest BCUT2D eigenvalue weighted by Gasteiger charge is -2.21. The van der Waals surface area contributed by atoms with E-state index in [1.165, 1.54) is 6.92 Å². The first kappa shape index (κ1) is 20.0. The maximum Gasteiger partial charge on any atom is 0.186 e. The van der Waals surface area contributed by atoms with Crippen LogP contribution in [0.25, 0.3) is 0 Å². The molecule has 0 saturated heterocycles. The number of rotatable bonds is 9. The van der Waals surface area contributed by atoms with Crippen molar-refractivity contribution in [3.8, 4) is 0 Å². The normalized spacial score (nSPS) is 12.6. The minimum Gasteiger partial charge on any atom is -0.308 e. The Labute approximate surface area is 145 Å². The zero-order chi connectivity index (χ0) is 17.4. The Morgan fingerprint density at radius 3 is 2.22 bits per heavy atom. The van der Waals surface area contributed by atoms with Gasteiger partial charge in [0.15, 0.2) is 10.9 Å². The molecule has 0 radical (unpaired) electrons. The SMILES string of the molecule is CCN(CCN(C)C)S(=O)c1ccc(C(=O)CSC(C)=O)cc1. The number of carbonyl (C=O) groups excluding carboxylic acids is 2. The van der Waals surface area contributed by atoms with Gasteiger partial charge in [0.1, 0.15) is 11.0 Å². The van der Waals surface area contributed by atoms with E-state index in [1.807, 2.05) is 30.2 Å². The molecule has 0 saturated carbocycles. The molecule has 0 amide bonds. The van der Waals surface area contributed by atoms with E-state index in [4.69, 9.17) is 0 Å². The number of Topliss-reactive ketones (excluding diaryl/α,β-unsaturated/α-hetero) is 1. The van der Waals surface area contributed by atoms with Gasteiger partial charge < -0.3 is 4.90 Å². The molecule has 0 aromatic heterocycles. The Balaban J connectivity index is 2.72. The monoisotopic (exact) mass is 356 g/mol. The first-order valence-electron chi connectivity index (χ1n) is 7.43. The van der Waals surface area contributed by atoms with E-state index in [0.29, 0.717) is 23.5 Å². The van der Waals surface area contributed by atoms with Crippen LogP contribution in [0.3, 0.4) is 0 Å². The third-order valence-corrected chi connectivity index (χ3v) is 5.57. The molecule has 0 aliphatic carbocycles. The van der Waals surface area contributed by atoms with Gasteiger partial charge in [-0.1, -0.05) is 30.8 Å². The maximum absolute atomic E-state index is 12.6. The van der Waals surface area contributed by atoms with Crippen LogP contribution in [0.15, 0.2) is 29.2 Å². The van der Waals surface area contributed by atoms with Crippen molar-refractivity contribution < 1.29 is 13.8 Å². The van der Waals surface area contributed by atoms with Crippen molar-refractivity contribution in [3.63, 3.8) is 0 Å². The number of hydrogen-bond donors (Lipinski definition) is 0. The van der Waals surface area contributed by atoms with Gasteiger partial charge in [0, 0.05) is 32.1 Å². The number of hydrogen-bond acceptors (Lipinski definition) is 5. The van der Waals surface area contributed by atoms with Gasteiger partial charge in [0.2, 0.25) is 0 Å². The highest BCUT2D eigenvalue weighted by Crippen LogP contribution is 2.14. The van der Waals surface area contributed by atoms with Crippen molar-refractivity contribution in [1.82, 2.24) is 9.21 Å². The van der Waals surface area contributed by atoms with E-state index < -0.39 is 11.0 Å². The zero-order valence-electron chi connectivity index (χ0n) is 14.1. The van der Waals surface area contributed by atoms with Crippen molar-refractivity contribution in [2.24, 2.45) is 0 Å². The highest BCUT2D eigenvalue weighted by Gasteiger charge is 2.15. The quantitative estimate of drug-likeness (QED) is 0.634. The van der Waals surface area contributed by atoms with Gasteiger partial charge in [-0.2, -0.15) is 0 Å². The molecule has 128 valence electrons. The predicted molar refractivity (Wildman–Crippen MR) is 96.1 cm³/mol. The summed E-state index contributed by atoms with van der Waals surface area (Å²) in [6, 6.07) is 6.80. The number of ketones is 1. The Morgan fingerprint density at radius 1 is 1.13 bits per heavy atom. The fourth-order valence-electron chi connectivity index (χ4n) is 1.83. The van der Waals surface area contributed by atoms with Crippen LogP contribution in [0.4, 0.5) is 0 Å². The minimum atomic E-state index is -1.23. The van der Waals surface area contributed by atoms with Gasteiger partial charge in [-0.3, -0.25) is 9.59 Å². The summed E-state index contributed by atoms with van der Waals surface area (Å²) in [6.45, 7) is 5.66. The van der Waals surface area contributed by atoms with Crippen molar-refractivity contribution >= 4 is 33.6 Å². The molecule has 23 heavy (non-hydrogen) atoms. The fraction of sp³-hybridized carbons (Fsp3) is 0.500. The number of nitrogens with zero attached hydrogens (tertiary/aromatic N) is 2. The number of thioether (sulfide) groups is 1. The maximum atomic E-state index is 12.6. The van der Waals surface area contributed by atoms with Gasteiger partial charge in [0.25, 0.3) is 0 Å². The van der Waals surface area contributed by atoms with Crippen LogP contribution in [0.1, 0.15) is 24.2 Å². The number of carbonyl (C=O) groups is 2. The van der Waals surface area contributed by atoms with E-state index in [0.717, 1.165) is 18.3 Å². The van der Waals surface area contributed by atoms with E-state index in [-0.39, 0.29) is 16.7 Å². The molecular weight excluding hydrogens is 332 g/mol. The molecule has 1 unspecified atom stereocenters. The van der Waals surface area contributed by atoms with Gasteiger partial charge in [0.05, 0.1) is 10.6 Å². The third-order valence-electron chi connectivity index (χ3n) is 3.17. The highest BCUT2D eigenvalue weighted by molar-refractivity contribution is 8.14. The Morgan fingerprint density at radius 2 is 1.74 bits per heavy atom. The van der Waals surface area contributed by atoms with Crippen LogP contribution >= 0.6 is 11.8 Å². The average Bonchev–Trinajstić information content (AvgIpc) is 2.52. The molecule has 1 aromatic carbocycles. The summed E-state index contributed by atoms with van der Waals surface area (Å²) in [5.74, 6) is 0.0456. The summed E-state index contributed by atoms with van der Waals surface area (Å²) >= 11 is 1.00. The lowest BCUT2D eigenvalue weighted by molar-refractivity contribution is -0.109. The second-order valence-electron chi connectivity index (χ2n) is 5.30. The van der Waals surface area contributed by atoms with Crippen LogP contribution in [0.5, 0.6) is 0 Å². The summed E-state index contributed by atoms with van der Waals surface area (Å²) in [5, 5.41) is -0.0736. The molecule has 0 heterocycles. The first-order valence-corrected chi connectivity index (χ1v) is 9.52. The Hall–Kier alpha value is -1.02. The van der Waals surface area contributed by atoms with Crippen molar-refractivity contribution in [2.75, 3.05) is 39.5 Å². The Bertz CT molecular complexity index is 559. The second-order valence-corrected chi connectivity index (χ2v) is 7.94. The molecular formula is C16H24N2O3S2. The smallest absolute Gasteiger partial charge is 0.186 e. The van der Waals surface area contributed by atoms with Crippen LogP contribution in [-0.2, 0) is 15.8 Å². The van der Waals surface area contributed by atoms with Crippen molar-refractivity contribution in [2.45, 2.75) is 18.7 Å². The summed E-state index contributed by atoms with van der Waals surface area (Å²) in [6.07, 6.45) is 0. The van der Waals surface area contributed by atoms with Crippen LogP contribution in [-0.4, -0.2) is 63.8 Å². The predicted octanol–water partition coefficient (Wildman–Crippen LogP) is 2.06. The van der Waals surface area contributed by atoms with Crippen molar-refractivity contribution in [1.29, 1.82) is 0 Å². The molecule has 1 aromatic rings. The molecule has 0 aliphatic rings. The summed E-state index contributed by atoms with van der Waals surface area (Å²) in [7, 11) is 2.73. The fourth-order valence-corrected chi connectivity index (χ4v) is 3.48. The standard InChI is InChI=1S/C16H24N2O3S2/c1-5-18(11-10-17(3)4)23(21)15-8-6-14(7-9-15)16(20)12-22-13(2)19/h6-9H,5,10-12H2,1-4H3. The highest BCUT2D eigenvalue weighted by atomic mass is 32.2. The van der Waals surface area contributed by atoms with E-state index in [2.05, 4.69) is 0 Å². The molecule has 7 heteroatoms. The molecule has 5 nitrogen and oxygen atoms in total. The van der Waals surface area contributed by atoms with Gasteiger partial charge >= 0.3 is 0 Å². The van der Waals surface area contributed by atoms with E-state index >= 15 is 0 Å². The van der Waals surface area contributed by atoms with Gasteiger partial charge in [-0.25, -0.2) is 8.51 Å². The van der Waals surface area contributed by atoms with Gasteiger partial charge in [-0.15, -0.1) is 0 Å². The number of benzene rings is 1. The zero-order valence-corrected chi connectivity index (χ0v) is 15.7. The third kappa shape index (κ3) is 6.95. The molecule has 1 rings (SSSR count). The lowest BCUT2D eigenvalue weighted by Crippen LogP contribution is -2.33. The van der Waals surface area contributed by atoms with Crippen LogP contribution < -0.4 is 0 Å². The molecule has 0 N–H and O–H groups in total. The Kier molecular flexibility index (Phi) is 8.68. The molecule has 0 bridgehead atoms. The van der Waals surface area contributed by atoms with E-state index in [9.17, 15) is 13.8 Å². The van der Waals surface area contributed by atoms with Crippen LogP contribution in [0.2, 0.25) is 0 Å². The number of likely N-dealkylation sites (N-methyl/N-ethyl adjacent to an activating group) is 2. The lowest BCUT2D eigenvalue weighted by atomic mass is 10.1. The topological polar surface area (TPSA) is 57.7 Å². The molecule has 0 spiro atoms. The summed E-state index contributed by atoms with van der Waals surface area (Å²) in [4.78, 5) is 25.6. The summed E-state index contributed by atoms with van der Waals surface area (Å²) < 4.78 is 14.5. The van der Waals surface area contributed by atoms with E-state index in [1.54, 1.807) is 24.3 Å². The molecule has 0 fully saturated rings. The largest absolute Gasteiger partial charge is 0.308 e. The minimum absolute atomic E-state index is 0.0736. The second kappa shape index (κ2) is 9.97.